The molecule has 0 unspecified atom stereocenters. The van der Waals surface area contributed by atoms with Gasteiger partial charge < -0.3 is 15.5 Å². The van der Waals surface area contributed by atoms with Crippen LogP contribution in [0.15, 0.2) is 48.5 Å². The smallest absolute Gasteiger partial charge is 0.317 e. The van der Waals surface area contributed by atoms with Gasteiger partial charge in [0.2, 0.25) is 0 Å². The van der Waals surface area contributed by atoms with Crippen LogP contribution in [0.3, 0.4) is 0 Å². The number of carbonyl (C=O) groups excluding carboxylic acids is 2. The molecule has 1 aliphatic rings. The highest BCUT2D eigenvalue weighted by Gasteiger charge is 2.25. The van der Waals surface area contributed by atoms with Crippen molar-refractivity contribution in [3.05, 3.63) is 70.2 Å². The molecule has 2 aromatic carbocycles. The summed E-state index contributed by atoms with van der Waals surface area (Å²) >= 11 is 5.90. The lowest BCUT2D eigenvalue weighted by Crippen LogP contribution is -2.47. The third-order valence-electron chi connectivity index (χ3n) is 5.11. The number of likely N-dealkylation sites (tertiary alicyclic amines) is 1. The van der Waals surface area contributed by atoms with Gasteiger partial charge in [-0.1, -0.05) is 35.9 Å². The molecule has 2 N–H and O–H groups in total. The van der Waals surface area contributed by atoms with Crippen LogP contribution in [0.25, 0.3) is 0 Å². The Balaban J connectivity index is 1.63. The standard InChI is InChI=1S/C23H28ClN3O2/c1-16(2)26-23(29)27-12-4-7-20(15-27)18-5-3-6-19(13-18)22(28)25-14-17-8-10-21(24)11-9-17/h3,5-6,8-11,13,16,20H,4,7,12,14-15H2,1-2H3,(H,25,28)(H,26,29)/t20-/m1/s1. The number of hydrogen-bond acceptors (Lipinski definition) is 2. The van der Waals surface area contributed by atoms with E-state index >= 15 is 0 Å². The van der Waals surface area contributed by atoms with Crippen molar-refractivity contribution in [2.75, 3.05) is 13.1 Å². The maximum atomic E-state index is 12.6. The highest BCUT2D eigenvalue weighted by Crippen LogP contribution is 2.27. The van der Waals surface area contributed by atoms with Crippen LogP contribution < -0.4 is 10.6 Å². The van der Waals surface area contributed by atoms with E-state index in [-0.39, 0.29) is 23.9 Å². The summed E-state index contributed by atoms with van der Waals surface area (Å²) in [5.74, 6) is 0.137. The minimum Gasteiger partial charge on any atom is -0.348 e. The summed E-state index contributed by atoms with van der Waals surface area (Å²) in [6.45, 7) is 5.83. The summed E-state index contributed by atoms with van der Waals surface area (Å²) in [5.41, 5.74) is 2.74. The molecule has 0 saturated carbocycles. The van der Waals surface area contributed by atoms with Crippen LogP contribution >= 0.6 is 11.6 Å². The summed E-state index contributed by atoms with van der Waals surface area (Å²) in [7, 11) is 0. The molecular formula is C23H28ClN3O2. The zero-order valence-electron chi connectivity index (χ0n) is 17.0. The first-order chi connectivity index (χ1) is 13.9. The van der Waals surface area contributed by atoms with Gasteiger partial charge in [0.15, 0.2) is 0 Å². The Morgan fingerprint density at radius 3 is 2.66 bits per heavy atom. The van der Waals surface area contributed by atoms with Crippen LogP contribution in [0, 0.1) is 0 Å². The molecule has 1 fully saturated rings. The van der Waals surface area contributed by atoms with Gasteiger partial charge in [-0.15, -0.1) is 0 Å². The third-order valence-corrected chi connectivity index (χ3v) is 5.36. The molecule has 3 amide bonds. The van der Waals surface area contributed by atoms with E-state index in [2.05, 4.69) is 10.6 Å². The summed E-state index contributed by atoms with van der Waals surface area (Å²) in [4.78, 5) is 26.8. The molecule has 1 aliphatic heterocycles. The van der Waals surface area contributed by atoms with Gasteiger partial charge in [0.25, 0.3) is 5.91 Å². The zero-order valence-corrected chi connectivity index (χ0v) is 17.7. The average Bonchev–Trinajstić information content (AvgIpc) is 2.73. The maximum Gasteiger partial charge on any atom is 0.317 e. The minimum absolute atomic E-state index is 0.0124. The van der Waals surface area contributed by atoms with Crippen molar-refractivity contribution in [2.24, 2.45) is 0 Å². The lowest BCUT2D eigenvalue weighted by molar-refractivity contribution is 0.0950. The number of rotatable bonds is 5. The molecule has 1 atom stereocenters. The normalized spacial score (nSPS) is 16.6. The predicted molar refractivity (Wildman–Crippen MR) is 116 cm³/mol. The van der Waals surface area contributed by atoms with Crippen LogP contribution in [-0.2, 0) is 6.54 Å². The minimum atomic E-state index is -0.105. The van der Waals surface area contributed by atoms with E-state index in [0.29, 0.717) is 23.7 Å². The molecule has 3 rings (SSSR count). The molecule has 1 heterocycles. The molecule has 0 radical (unpaired) electrons. The highest BCUT2D eigenvalue weighted by atomic mass is 35.5. The molecule has 0 aliphatic carbocycles. The third kappa shape index (κ3) is 5.97. The Labute approximate surface area is 177 Å². The second-order valence-electron chi connectivity index (χ2n) is 7.82. The van der Waals surface area contributed by atoms with Crippen molar-refractivity contribution < 1.29 is 9.59 Å². The number of amides is 3. The first-order valence-corrected chi connectivity index (χ1v) is 10.5. The van der Waals surface area contributed by atoms with Gasteiger partial charge in [-0.2, -0.15) is 0 Å². The monoisotopic (exact) mass is 413 g/mol. The van der Waals surface area contributed by atoms with E-state index in [1.54, 1.807) is 0 Å². The molecule has 0 bridgehead atoms. The molecule has 0 aromatic heterocycles. The number of carbonyl (C=O) groups is 2. The fraction of sp³-hybridized carbons (Fsp3) is 0.391. The summed E-state index contributed by atoms with van der Waals surface area (Å²) in [6.07, 6.45) is 1.98. The number of hydrogen-bond donors (Lipinski definition) is 2. The van der Waals surface area contributed by atoms with Gasteiger partial charge in [-0.05, 0) is 62.1 Å². The predicted octanol–water partition coefficient (Wildman–Crippen LogP) is 4.57. The number of urea groups is 1. The van der Waals surface area contributed by atoms with Crippen molar-refractivity contribution in [3.63, 3.8) is 0 Å². The second-order valence-corrected chi connectivity index (χ2v) is 8.26. The van der Waals surface area contributed by atoms with E-state index in [4.69, 9.17) is 11.6 Å². The maximum absolute atomic E-state index is 12.6. The Bertz CT molecular complexity index is 851. The van der Waals surface area contributed by atoms with Crippen LogP contribution in [0.4, 0.5) is 4.79 Å². The van der Waals surface area contributed by atoms with Gasteiger partial charge in [0.05, 0.1) is 0 Å². The molecule has 0 spiro atoms. The topological polar surface area (TPSA) is 61.4 Å². The van der Waals surface area contributed by atoms with Crippen LogP contribution in [0.2, 0.25) is 5.02 Å². The van der Waals surface area contributed by atoms with Gasteiger partial charge in [-0.25, -0.2) is 4.79 Å². The second kappa shape index (κ2) is 9.79. The number of halogens is 1. The summed E-state index contributed by atoms with van der Waals surface area (Å²) < 4.78 is 0. The molecule has 6 heteroatoms. The van der Waals surface area contributed by atoms with E-state index in [0.717, 1.165) is 30.5 Å². The molecular weight excluding hydrogens is 386 g/mol. The van der Waals surface area contributed by atoms with Crippen LogP contribution in [0.1, 0.15) is 54.1 Å². The Morgan fingerprint density at radius 2 is 1.93 bits per heavy atom. The van der Waals surface area contributed by atoms with Crippen molar-refractivity contribution in [1.82, 2.24) is 15.5 Å². The quantitative estimate of drug-likeness (QED) is 0.754. The zero-order chi connectivity index (χ0) is 20.8. The Kier molecular flexibility index (Phi) is 7.15. The van der Waals surface area contributed by atoms with E-state index in [1.807, 2.05) is 67.3 Å². The van der Waals surface area contributed by atoms with Crippen molar-refractivity contribution >= 4 is 23.5 Å². The number of nitrogens with zero attached hydrogens (tertiary/aromatic N) is 1. The van der Waals surface area contributed by atoms with E-state index in [1.165, 1.54) is 0 Å². The fourth-order valence-electron chi connectivity index (χ4n) is 3.59. The molecule has 1 saturated heterocycles. The molecule has 2 aromatic rings. The lowest BCUT2D eigenvalue weighted by Gasteiger charge is -2.33. The first kappa shape index (κ1) is 21.2. The average molecular weight is 414 g/mol. The van der Waals surface area contributed by atoms with Crippen molar-refractivity contribution in [2.45, 2.75) is 45.2 Å². The van der Waals surface area contributed by atoms with Gasteiger partial charge in [-0.3, -0.25) is 4.79 Å². The van der Waals surface area contributed by atoms with Gasteiger partial charge >= 0.3 is 6.03 Å². The van der Waals surface area contributed by atoms with Crippen molar-refractivity contribution in [3.8, 4) is 0 Å². The Hall–Kier alpha value is -2.53. The number of piperidine rings is 1. The van der Waals surface area contributed by atoms with Crippen LogP contribution in [-0.4, -0.2) is 36.0 Å². The summed E-state index contributed by atoms with van der Waals surface area (Å²) in [6, 6.07) is 15.3. The first-order valence-electron chi connectivity index (χ1n) is 10.1. The van der Waals surface area contributed by atoms with Crippen LogP contribution in [0.5, 0.6) is 0 Å². The van der Waals surface area contributed by atoms with E-state index in [9.17, 15) is 9.59 Å². The fourth-order valence-corrected chi connectivity index (χ4v) is 3.72. The van der Waals surface area contributed by atoms with Gasteiger partial charge in [0.1, 0.15) is 0 Å². The van der Waals surface area contributed by atoms with Gasteiger partial charge in [0, 0.05) is 42.2 Å². The number of nitrogens with one attached hydrogen (secondary N) is 2. The SMILES string of the molecule is CC(C)NC(=O)N1CCC[C@@H](c2cccc(C(=O)NCc3ccc(Cl)cc3)c2)C1. The Morgan fingerprint density at radius 1 is 1.17 bits per heavy atom. The molecule has 5 nitrogen and oxygen atoms in total. The number of benzene rings is 2. The van der Waals surface area contributed by atoms with Crippen molar-refractivity contribution in [1.29, 1.82) is 0 Å². The molecule has 154 valence electrons. The lowest BCUT2D eigenvalue weighted by atomic mass is 9.89. The molecule has 29 heavy (non-hydrogen) atoms. The van der Waals surface area contributed by atoms with E-state index < -0.39 is 0 Å². The largest absolute Gasteiger partial charge is 0.348 e. The summed E-state index contributed by atoms with van der Waals surface area (Å²) in [5, 5.41) is 6.60. The highest BCUT2D eigenvalue weighted by molar-refractivity contribution is 6.30.